The fourth-order valence-electron chi connectivity index (χ4n) is 2.12. The summed E-state index contributed by atoms with van der Waals surface area (Å²) in [5.74, 6) is -1.70. The molecule has 2 aromatic rings. The summed E-state index contributed by atoms with van der Waals surface area (Å²) in [6, 6.07) is 3.51. The molecule has 0 spiro atoms. The van der Waals surface area contributed by atoms with Crippen molar-refractivity contribution < 1.29 is 19.0 Å². The van der Waals surface area contributed by atoms with Crippen LogP contribution in [0.1, 0.15) is 55.0 Å². The molecule has 2 N–H and O–H groups in total. The molecule has 6 heteroatoms. The van der Waals surface area contributed by atoms with Crippen LogP contribution in [-0.2, 0) is 6.42 Å². The number of carboxylic acids is 1. The summed E-state index contributed by atoms with van der Waals surface area (Å²) in [5.41, 5.74) is 3.12. The van der Waals surface area contributed by atoms with Crippen molar-refractivity contribution in [2.45, 2.75) is 48.0 Å². The van der Waals surface area contributed by atoms with Gasteiger partial charge in [0.15, 0.2) is 11.6 Å². The zero-order valence-corrected chi connectivity index (χ0v) is 13.9. The number of nitrogens with zero attached hydrogens (tertiary/aromatic N) is 1. The van der Waals surface area contributed by atoms with Gasteiger partial charge in [-0.25, -0.2) is 9.18 Å². The maximum Gasteiger partial charge on any atom is 0.335 e. The average Bonchev–Trinajstić information content (AvgIpc) is 2.86. The smallest absolute Gasteiger partial charge is 0.335 e. The van der Waals surface area contributed by atoms with Crippen LogP contribution in [0.3, 0.4) is 0 Å². The van der Waals surface area contributed by atoms with Crippen molar-refractivity contribution in [3.63, 3.8) is 0 Å². The molecule has 134 valence electrons. The lowest BCUT2D eigenvalue weighted by molar-refractivity contribution is 0.0696. The number of rotatable bonds is 6. The minimum atomic E-state index is -1.11. The molecule has 2 rings (SSSR count). The highest BCUT2D eigenvalue weighted by Crippen LogP contribution is 2.19. The van der Waals surface area contributed by atoms with E-state index in [1.165, 1.54) is 12.1 Å². The third kappa shape index (κ3) is 5.68. The molecule has 0 unspecified atom stereocenters. The summed E-state index contributed by atoms with van der Waals surface area (Å²) in [7, 11) is 0. The quantitative estimate of drug-likeness (QED) is 0.758. The summed E-state index contributed by atoms with van der Waals surface area (Å²) < 4.78 is 18.9. The SMILES string of the molecule is C.CC.Cc1n[nH]c(C)c1CCCOc1cc(C(=O)O)ccc1F. The van der Waals surface area contributed by atoms with Gasteiger partial charge in [-0.1, -0.05) is 21.3 Å². The molecular weight excluding hydrogens is 311 g/mol. The molecule has 0 amide bonds. The molecule has 0 saturated heterocycles. The number of aromatic nitrogens is 2. The van der Waals surface area contributed by atoms with Crippen LogP contribution < -0.4 is 4.74 Å². The number of aryl methyl sites for hydroxylation is 2. The van der Waals surface area contributed by atoms with Crippen molar-refractivity contribution in [3.8, 4) is 5.75 Å². The lowest BCUT2D eigenvalue weighted by atomic mass is 10.1. The normalized spacial score (nSPS) is 9.54. The monoisotopic (exact) mass is 338 g/mol. The maximum absolute atomic E-state index is 13.5. The van der Waals surface area contributed by atoms with Gasteiger partial charge in [0.1, 0.15) is 0 Å². The minimum Gasteiger partial charge on any atom is -0.490 e. The molecular formula is C18H27FN2O3. The van der Waals surface area contributed by atoms with E-state index in [4.69, 9.17) is 9.84 Å². The Labute approximate surface area is 142 Å². The molecule has 24 heavy (non-hydrogen) atoms. The Balaban J connectivity index is 0.00000170. The first-order valence-electron chi connectivity index (χ1n) is 7.65. The van der Waals surface area contributed by atoms with Crippen LogP contribution in [-0.4, -0.2) is 27.9 Å². The zero-order valence-electron chi connectivity index (χ0n) is 13.9. The van der Waals surface area contributed by atoms with E-state index in [-0.39, 0.29) is 18.7 Å². The van der Waals surface area contributed by atoms with Crippen molar-refractivity contribution in [2.75, 3.05) is 6.61 Å². The van der Waals surface area contributed by atoms with E-state index >= 15 is 0 Å². The summed E-state index contributed by atoms with van der Waals surface area (Å²) in [4.78, 5) is 10.8. The zero-order chi connectivity index (χ0) is 17.4. The average molecular weight is 338 g/mol. The van der Waals surface area contributed by atoms with Crippen LogP contribution in [0.15, 0.2) is 18.2 Å². The van der Waals surface area contributed by atoms with Crippen LogP contribution in [0.25, 0.3) is 0 Å². The molecule has 0 atom stereocenters. The largest absolute Gasteiger partial charge is 0.490 e. The number of benzene rings is 1. The molecule has 0 aliphatic heterocycles. The number of aromatic carboxylic acids is 1. The molecule has 0 aliphatic carbocycles. The van der Waals surface area contributed by atoms with Crippen LogP contribution in [0.2, 0.25) is 0 Å². The van der Waals surface area contributed by atoms with E-state index in [1.807, 2.05) is 27.7 Å². The van der Waals surface area contributed by atoms with Crippen LogP contribution in [0.5, 0.6) is 5.75 Å². The van der Waals surface area contributed by atoms with Gasteiger partial charge in [-0.2, -0.15) is 5.10 Å². The van der Waals surface area contributed by atoms with Gasteiger partial charge in [0.25, 0.3) is 0 Å². The maximum atomic E-state index is 13.5. The van der Waals surface area contributed by atoms with E-state index in [0.29, 0.717) is 13.0 Å². The number of hydrogen-bond donors (Lipinski definition) is 2. The fraction of sp³-hybridized carbons (Fsp3) is 0.444. The van der Waals surface area contributed by atoms with Crippen LogP contribution in [0, 0.1) is 19.7 Å². The second kappa shape index (κ2) is 10.4. The van der Waals surface area contributed by atoms with E-state index in [1.54, 1.807) is 0 Å². The first-order chi connectivity index (χ1) is 11.0. The van der Waals surface area contributed by atoms with Gasteiger partial charge in [-0.15, -0.1) is 0 Å². The third-order valence-corrected chi connectivity index (χ3v) is 3.29. The highest BCUT2D eigenvalue weighted by Gasteiger charge is 2.10. The van der Waals surface area contributed by atoms with Gasteiger partial charge < -0.3 is 9.84 Å². The van der Waals surface area contributed by atoms with Crippen molar-refractivity contribution >= 4 is 5.97 Å². The van der Waals surface area contributed by atoms with Crippen LogP contribution in [0.4, 0.5) is 4.39 Å². The Hall–Kier alpha value is -2.37. The summed E-state index contributed by atoms with van der Waals surface area (Å²) in [6.45, 7) is 8.19. The molecule has 0 saturated carbocycles. The third-order valence-electron chi connectivity index (χ3n) is 3.29. The highest BCUT2D eigenvalue weighted by atomic mass is 19.1. The Morgan fingerprint density at radius 2 is 2.00 bits per heavy atom. The summed E-state index contributed by atoms with van der Waals surface area (Å²) in [5, 5.41) is 15.9. The Morgan fingerprint density at radius 1 is 1.33 bits per heavy atom. The molecule has 0 aliphatic rings. The molecule has 1 heterocycles. The number of nitrogens with one attached hydrogen (secondary N) is 1. The Morgan fingerprint density at radius 3 is 2.54 bits per heavy atom. The van der Waals surface area contributed by atoms with E-state index in [0.717, 1.165) is 29.4 Å². The predicted octanol–water partition coefficient (Wildman–Crippen LogP) is 4.54. The molecule has 5 nitrogen and oxygen atoms in total. The van der Waals surface area contributed by atoms with E-state index < -0.39 is 11.8 Å². The van der Waals surface area contributed by atoms with Gasteiger partial charge in [-0.3, -0.25) is 5.10 Å². The number of hydrogen-bond acceptors (Lipinski definition) is 3. The van der Waals surface area contributed by atoms with Crippen molar-refractivity contribution in [1.82, 2.24) is 10.2 Å². The van der Waals surface area contributed by atoms with Gasteiger partial charge >= 0.3 is 5.97 Å². The van der Waals surface area contributed by atoms with Gasteiger partial charge in [0.05, 0.1) is 17.9 Å². The van der Waals surface area contributed by atoms with E-state index in [9.17, 15) is 9.18 Å². The summed E-state index contributed by atoms with van der Waals surface area (Å²) in [6.07, 6.45) is 1.46. The second-order valence-electron chi connectivity index (χ2n) is 4.81. The first-order valence-corrected chi connectivity index (χ1v) is 7.65. The number of H-pyrrole nitrogens is 1. The number of ether oxygens (including phenoxy) is 1. The lowest BCUT2D eigenvalue weighted by Gasteiger charge is -2.08. The number of halogens is 1. The molecule has 0 radical (unpaired) electrons. The van der Waals surface area contributed by atoms with Gasteiger partial charge in [0.2, 0.25) is 0 Å². The van der Waals surface area contributed by atoms with E-state index in [2.05, 4.69) is 10.2 Å². The Kier molecular flexibility index (Phi) is 9.38. The van der Waals surface area contributed by atoms with Gasteiger partial charge in [-0.05, 0) is 50.5 Å². The molecule has 0 fully saturated rings. The minimum absolute atomic E-state index is 0. The number of carboxylic acid groups (broad SMARTS) is 1. The lowest BCUT2D eigenvalue weighted by Crippen LogP contribution is -2.04. The standard InChI is InChI=1S/C15H17FN2O3.C2H6.CH4/c1-9-12(10(2)18-17-9)4-3-7-21-14-8-11(15(19)20)5-6-13(14)16;1-2;/h5-6,8H,3-4,7H2,1-2H3,(H,17,18)(H,19,20);1-2H3;1H4. The molecule has 0 bridgehead atoms. The van der Waals surface area contributed by atoms with Crippen molar-refractivity contribution in [3.05, 3.63) is 46.5 Å². The predicted molar refractivity (Wildman–Crippen MR) is 93.3 cm³/mol. The molecule has 1 aromatic heterocycles. The number of carbonyl (C=O) groups is 1. The second-order valence-corrected chi connectivity index (χ2v) is 4.81. The number of aromatic amines is 1. The van der Waals surface area contributed by atoms with Crippen LogP contribution >= 0.6 is 0 Å². The summed E-state index contributed by atoms with van der Waals surface area (Å²) >= 11 is 0. The molecule has 1 aromatic carbocycles. The van der Waals surface area contributed by atoms with Crippen molar-refractivity contribution in [2.24, 2.45) is 0 Å². The fourth-order valence-corrected chi connectivity index (χ4v) is 2.12. The highest BCUT2D eigenvalue weighted by molar-refractivity contribution is 5.88. The topological polar surface area (TPSA) is 75.2 Å². The van der Waals surface area contributed by atoms with Gasteiger partial charge in [0, 0.05) is 5.69 Å². The first kappa shape index (κ1) is 21.6. The van der Waals surface area contributed by atoms with Crippen molar-refractivity contribution in [1.29, 1.82) is 0 Å². The Bertz CT molecular complexity index is 634.